The molecule has 12 atom stereocenters. The summed E-state index contributed by atoms with van der Waals surface area (Å²) in [6, 6.07) is -9.02. The monoisotopic (exact) mass is 881 g/mol. The van der Waals surface area contributed by atoms with Crippen LogP contribution in [0.2, 0.25) is 0 Å². The molecule has 5 aliphatic heterocycles. The number of rotatable bonds is 7. The van der Waals surface area contributed by atoms with Crippen LogP contribution in [0.3, 0.4) is 0 Å². The van der Waals surface area contributed by atoms with Crippen molar-refractivity contribution in [1.82, 2.24) is 47.0 Å². The van der Waals surface area contributed by atoms with Gasteiger partial charge in [-0.05, 0) is 77.6 Å². The topological polar surface area (TPSA) is 292 Å². The van der Waals surface area contributed by atoms with Crippen LogP contribution >= 0.6 is 0 Å². The molecule has 0 aliphatic carbocycles. The average molecular weight is 882 g/mol. The number of hydrogen-bond donors (Lipinski definition) is 9. The first-order valence-corrected chi connectivity index (χ1v) is 22.0. The summed E-state index contributed by atoms with van der Waals surface area (Å²) in [6.07, 6.45) is -0.0573. The number of nitrogens with one attached hydrogen (secondary N) is 5. The van der Waals surface area contributed by atoms with Crippen LogP contribution in [-0.2, 0) is 43.0 Å². The Morgan fingerprint density at radius 1 is 0.903 bits per heavy atom. The average Bonchev–Trinajstić information content (AvgIpc) is 3.25. The van der Waals surface area contributed by atoms with Crippen LogP contribution in [0.15, 0.2) is 0 Å². The fourth-order valence-corrected chi connectivity index (χ4v) is 8.96. The Bertz CT molecular complexity index is 1690. The smallest absolute Gasteiger partial charge is 0.328 e. The molecule has 0 unspecified atom stereocenters. The third-order valence-corrected chi connectivity index (χ3v) is 12.8. The van der Waals surface area contributed by atoms with Gasteiger partial charge in [0, 0.05) is 32.5 Å². The summed E-state index contributed by atoms with van der Waals surface area (Å²) in [5.41, 5.74) is 5.78. The zero-order chi connectivity index (χ0) is 45.8. The van der Waals surface area contributed by atoms with Gasteiger partial charge in [-0.3, -0.25) is 49.0 Å². The number of cyclic esters (lactones) is 1. The standard InChI is InChI=1S/C40H67N9O13/c1-8-12-24-15-16-40(59,62-29(24)9-2)39(7,58)38(57)45-30-31(21(3)4)61-37(56)22(5)44-32(51)28-19-25(50)20-43-48(28)34(53)26-13-10-17-41-46(26)33(52)23(6)49(60)35(54)27-14-11-18-42-47(27)36(30)55/h21-31,41-43,50,58-60H,8-20H2,1-7H3,(H,44,51)(H,45,57)/t22-,23-,24-,25-,26+,27+,28-,29+,30-,31-,39+,40+/m0/s1. The quantitative estimate of drug-likeness (QED) is 0.0994. The molecule has 5 aliphatic rings. The van der Waals surface area contributed by atoms with Crippen LogP contribution in [0.25, 0.3) is 0 Å². The van der Waals surface area contributed by atoms with Crippen molar-refractivity contribution in [3.05, 3.63) is 0 Å². The van der Waals surface area contributed by atoms with Gasteiger partial charge in [-0.2, -0.15) is 0 Å². The first-order valence-electron chi connectivity index (χ1n) is 22.0. The lowest BCUT2D eigenvalue weighted by atomic mass is 9.80. The van der Waals surface area contributed by atoms with Crippen molar-refractivity contribution in [2.75, 3.05) is 19.6 Å². The van der Waals surface area contributed by atoms with Gasteiger partial charge in [0.05, 0.1) is 12.2 Å². The molecule has 0 aromatic carbocycles. The summed E-state index contributed by atoms with van der Waals surface area (Å²) in [5, 5.41) is 53.7. The number of fused-ring (bicyclic) bond motifs is 3. The van der Waals surface area contributed by atoms with Crippen molar-refractivity contribution < 1.29 is 63.6 Å². The molecule has 0 saturated carbocycles. The number of hydroxylamine groups is 2. The highest BCUT2D eigenvalue weighted by atomic mass is 16.6. The number of nitrogens with zero attached hydrogens (tertiary/aromatic N) is 4. The van der Waals surface area contributed by atoms with E-state index in [2.05, 4.69) is 26.9 Å². The van der Waals surface area contributed by atoms with E-state index in [4.69, 9.17) is 9.47 Å². The maximum absolute atomic E-state index is 14.9. The number of ether oxygens (including phenoxy) is 2. The van der Waals surface area contributed by atoms with Crippen molar-refractivity contribution in [3.8, 4) is 0 Å². The molecule has 0 spiro atoms. The van der Waals surface area contributed by atoms with Crippen LogP contribution in [0, 0.1) is 11.8 Å². The predicted octanol–water partition coefficient (Wildman–Crippen LogP) is -1.93. The van der Waals surface area contributed by atoms with E-state index in [1.165, 1.54) is 13.8 Å². The number of carbonyl (C=O) groups excluding carboxylic acids is 7. The molecule has 350 valence electrons. The molecule has 5 saturated heterocycles. The van der Waals surface area contributed by atoms with Crippen molar-refractivity contribution in [2.24, 2.45) is 11.8 Å². The number of aliphatic hydroxyl groups excluding tert-OH is 1. The first-order chi connectivity index (χ1) is 29.2. The van der Waals surface area contributed by atoms with Crippen molar-refractivity contribution in [1.29, 1.82) is 0 Å². The van der Waals surface area contributed by atoms with Gasteiger partial charge in [-0.15, -0.1) is 0 Å². The zero-order valence-corrected chi connectivity index (χ0v) is 36.8. The van der Waals surface area contributed by atoms with Crippen LogP contribution in [-0.4, -0.2) is 168 Å². The Morgan fingerprint density at radius 3 is 2.10 bits per heavy atom. The number of hydrogen-bond acceptors (Lipinski definition) is 16. The van der Waals surface area contributed by atoms with Crippen molar-refractivity contribution >= 4 is 41.4 Å². The van der Waals surface area contributed by atoms with Crippen molar-refractivity contribution in [3.63, 3.8) is 0 Å². The highest BCUT2D eigenvalue weighted by Gasteiger charge is 2.58. The van der Waals surface area contributed by atoms with Gasteiger partial charge in [0.1, 0.15) is 42.4 Å². The Morgan fingerprint density at radius 2 is 1.50 bits per heavy atom. The zero-order valence-electron chi connectivity index (χ0n) is 36.8. The normalized spacial score (nSPS) is 36.0. The van der Waals surface area contributed by atoms with E-state index >= 15 is 0 Å². The number of esters is 1. The third-order valence-electron chi connectivity index (χ3n) is 12.8. The summed E-state index contributed by atoms with van der Waals surface area (Å²) >= 11 is 0. The molecule has 5 rings (SSSR count). The second-order valence-electron chi connectivity index (χ2n) is 17.7. The lowest BCUT2D eigenvalue weighted by Gasteiger charge is -2.48. The second kappa shape index (κ2) is 20.2. The summed E-state index contributed by atoms with van der Waals surface area (Å²) in [5.74, 6) is -10.0. The van der Waals surface area contributed by atoms with Gasteiger partial charge in [0.25, 0.3) is 29.5 Å². The molecule has 0 bridgehead atoms. The van der Waals surface area contributed by atoms with E-state index < -0.39 is 113 Å². The van der Waals surface area contributed by atoms with Crippen LogP contribution in [0.5, 0.6) is 0 Å². The molecule has 5 fully saturated rings. The fourth-order valence-electron chi connectivity index (χ4n) is 8.96. The van der Waals surface area contributed by atoms with E-state index in [-0.39, 0.29) is 56.3 Å². The minimum Gasteiger partial charge on any atom is -0.458 e. The minimum atomic E-state index is -2.68. The van der Waals surface area contributed by atoms with E-state index in [1.54, 1.807) is 13.8 Å². The lowest BCUT2D eigenvalue weighted by Crippen LogP contribution is -2.70. The molecule has 0 radical (unpaired) electrons. The molecule has 0 aromatic heterocycles. The lowest BCUT2D eigenvalue weighted by molar-refractivity contribution is -0.328. The SMILES string of the molecule is CCC[C@H]1CC[C@](O)([C@](C)(O)C(=O)N[C@@H]2C(=O)N3NCCC[C@@H]3C(=O)N(O)[C@@H](C)C(=O)N3NCCC[C@@H]3C(=O)N3NC[C@@H](O)C[C@H]3C(=O)N[C@@H](C)C(=O)O[C@H]2C(C)C)O[C@@H]1CC. The number of aliphatic hydroxyl groups is 3. The number of amides is 6. The fraction of sp³-hybridized carbons (Fsp3) is 0.825. The van der Waals surface area contributed by atoms with E-state index in [1.807, 2.05) is 13.8 Å². The molecule has 22 nitrogen and oxygen atoms in total. The third kappa shape index (κ3) is 10.0. The molecule has 6 amide bonds. The molecule has 9 N–H and O–H groups in total. The van der Waals surface area contributed by atoms with E-state index in [9.17, 15) is 54.1 Å². The molecular weight excluding hydrogens is 814 g/mol. The molecule has 62 heavy (non-hydrogen) atoms. The van der Waals surface area contributed by atoms with Gasteiger partial charge in [-0.25, -0.2) is 26.1 Å². The van der Waals surface area contributed by atoms with Crippen LogP contribution in [0.4, 0.5) is 0 Å². The van der Waals surface area contributed by atoms with Gasteiger partial charge in [0.2, 0.25) is 11.7 Å². The number of β-amino-alcohol motifs (C(OH)–C–C–N with tert-alkyl or cyclic N) is 1. The van der Waals surface area contributed by atoms with Crippen molar-refractivity contribution in [2.45, 2.75) is 179 Å². The summed E-state index contributed by atoms with van der Waals surface area (Å²) in [4.78, 5) is 99.6. The Kier molecular flexibility index (Phi) is 16.0. The highest BCUT2D eigenvalue weighted by molar-refractivity contribution is 5.97. The highest BCUT2D eigenvalue weighted by Crippen LogP contribution is 2.41. The second-order valence-corrected chi connectivity index (χ2v) is 17.7. The molecule has 22 heteroatoms. The van der Waals surface area contributed by atoms with Gasteiger partial charge >= 0.3 is 5.97 Å². The van der Waals surface area contributed by atoms with Gasteiger partial charge in [-0.1, -0.05) is 34.1 Å². The maximum atomic E-state index is 14.9. The Balaban J connectivity index is 1.56. The van der Waals surface area contributed by atoms with Crippen LogP contribution in [0.1, 0.15) is 113 Å². The summed E-state index contributed by atoms with van der Waals surface area (Å²) in [7, 11) is 0. The van der Waals surface area contributed by atoms with E-state index in [0.29, 0.717) is 25.7 Å². The van der Waals surface area contributed by atoms with Gasteiger partial charge < -0.3 is 35.4 Å². The van der Waals surface area contributed by atoms with Gasteiger partial charge in [0.15, 0.2) is 5.60 Å². The summed E-state index contributed by atoms with van der Waals surface area (Å²) < 4.78 is 12.0. The largest absolute Gasteiger partial charge is 0.458 e. The molecular formula is C40H67N9O13. The van der Waals surface area contributed by atoms with Crippen LogP contribution < -0.4 is 26.9 Å². The molecule has 0 aromatic rings. The maximum Gasteiger partial charge on any atom is 0.328 e. The Labute approximate surface area is 361 Å². The number of carbonyl (C=O) groups is 7. The first kappa shape index (κ1) is 49.0. The Hall–Kier alpha value is -4.03. The predicted molar refractivity (Wildman–Crippen MR) is 216 cm³/mol. The minimum absolute atomic E-state index is 0.0228. The van der Waals surface area contributed by atoms with E-state index in [0.717, 1.165) is 34.8 Å². The summed E-state index contributed by atoms with van der Waals surface area (Å²) in [6.45, 7) is 10.9. The number of hydrazine groups is 3. The molecule has 5 heterocycles.